The van der Waals surface area contributed by atoms with Crippen LogP contribution in [0.4, 0.5) is 5.82 Å². The number of fused-ring (bicyclic) bond motifs is 1. The van der Waals surface area contributed by atoms with Crippen molar-refractivity contribution in [3.8, 4) is 0 Å². The normalized spacial score (nSPS) is 11.6. The molecule has 2 heterocycles. The van der Waals surface area contributed by atoms with E-state index in [0.717, 1.165) is 5.39 Å². The third-order valence-electron chi connectivity index (χ3n) is 2.20. The summed E-state index contributed by atoms with van der Waals surface area (Å²) in [6, 6.07) is 3.45. The van der Waals surface area contributed by atoms with Gasteiger partial charge in [0.1, 0.15) is 11.4 Å². The molecule has 0 saturated heterocycles. The molecule has 6 nitrogen and oxygen atoms in total. The first kappa shape index (κ1) is 10.4. The van der Waals surface area contributed by atoms with Crippen LogP contribution >= 0.6 is 0 Å². The molecule has 2 N–H and O–H groups in total. The van der Waals surface area contributed by atoms with Gasteiger partial charge < -0.3 is 14.9 Å². The Morgan fingerprint density at radius 2 is 2.25 bits per heavy atom. The molecule has 0 fully saturated rings. The number of carbonyl (C=O) groups is 1. The largest absolute Gasteiger partial charge is 0.480 e. The molecule has 0 aromatic carbocycles. The lowest BCUT2D eigenvalue weighted by Gasteiger charge is -2.21. The standard InChI is InChI=1S/C10H11N3O3/c1-10(2,9(14)15)13-7-4-3-6-5-11-16-8(6)12-7/h3-5H,1-2H3,(H,12,13)(H,14,15). The molecule has 6 heteroatoms. The highest BCUT2D eigenvalue weighted by Gasteiger charge is 2.27. The lowest BCUT2D eigenvalue weighted by molar-refractivity contribution is -0.141. The van der Waals surface area contributed by atoms with Gasteiger partial charge in [-0.2, -0.15) is 4.98 Å². The average molecular weight is 221 g/mol. The van der Waals surface area contributed by atoms with Gasteiger partial charge in [0, 0.05) is 0 Å². The molecule has 0 saturated carbocycles. The van der Waals surface area contributed by atoms with Crippen LogP contribution in [0, 0.1) is 0 Å². The Bertz CT molecular complexity index is 533. The van der Waals surface area contributed by atoms with E-state index in [9.17, 15) is 4.79 Å². The highest BCUT2D eigenvalue weighted by Crippen LogP contribution is 2.17. The second-order valence-corrected chi connectivity index (χ2v) is 3.97. The summed E-state index contributed by atoms with van der Waals surface area (Å²) in [5, 5.41) is 16.1. The van der Waals surface area contributed by atoms with E-state index in [2.05, 4.69) is 15.5 Å². The second kappa shape index (κ2) is 3.48. The molecule has 0 aliphatic rings. The van der Waals surface area contributed by atoms with Crippen molar-refractivity contribution in [3.05, 3.63) is 18.3 Å². The molecule has 0 atom stereocenters. The number of carboxylic acids is 1. The molecule has 0 aliphatic heterocycles. The van der Waals surface area contributed by atoms with E-state index >= 15 is 0 Å². The van der Waals surface area contributed by atoms with Crippen molar-refractivity contribution in [2.75, 3.05) is 5.32 Å². The molecule has 2 aromatic rings. The first-order valence-corrected chi connectivity index (χ1v) is 4.72. The van der Waals surface area contributed by atoms with Crippen molar-refractivity contribution in [1.82, 2.24) is 10.1 Å². The number of rotatable bonds is 3. The van der Waals surface area contributed by atoms with E-state index in [1.165, 1.54) is 0 Å². The van der Waals surface area contributed by atoms with Gasteiger partial charge in [0.2, 0.25) is 0 Å². The number of hydrogen-bond acceptors (Lipinski definition) is 5. The van der Waals surface area contributed by atoms with Gasteiger partial charge in [-0.25, -0.2) is 4.79 Å². The minimum absolute atomic E-state index is 0.381. The number of aromatic nitrogens is 2. The summed E-state index contributed by atoms with van der Waals surface area (Å²) < 4.78 is 4.88. The van der Waals surface area contributed by atoms with Crippen LogP contribution in [0.2, 0.25) is 0 Å². The fourth-order valence-electron chi connectivity index (χ4n) is 1.20. The van der Waals surface area contributed by atoms with Gasteiger partial charge >= 0.3 is 5.97 Å². The van der Waals surface area contributed by atoms with E-state index in [-0.39, 0.29) is 0 Å². The minimum atomic E-state index is -1.08. The van der Waals surface area contributed by atoms with Crippen molar-refractivity contribution in [3.63, 3.8) is 0 Å². The molecule has 16 heavy (non-hydrogen) atoms. The van der Waals surface area contributed by atoms with Crippen molar-refractivity contribution in [1.29, 1.82) is 0 Å². The SMILES string of the molecule is CC(C)(Nc1ccc2cnoc2n1)C(=O)O. The fraction of sp³-hybridized carbons (Fsp3) is 0.300. The predicted octanol–water partition coefficient (Wildman–Crippen LogP) is 1.50. The molecule has 84 valence electrons. The number of nitrogens with zero attached hydrogens (tertiary/aromatic N) is 2. The van der Waals surface area contributed by atoms with Gasteiger partial charge in [-0.05, 0) is 26.0 Å². The Morgan fingerprint density at radius 1 is 1.50 bits per heavy atom. The molecular weight excluding hydrogens is 210 g/mol. The van der Waals surface area contributed by atoms with Gasteiger partial charge in [0.25, 0.3) is 5.71 Å². The van der Waals surface area contributed by atoms with Gasteiger partial charge in [0.15, 0.2) is 0 Å². The number of nitrogens with one attached hydrogen (secondary N) is 1. The number of hydrogen-bond donors (Lipinski definition) is 2. The number of aliphatic carboxylic acids is 1. The Labute approximate surface area is 91.3 Å². The van der Waals surface area contributed by atoms with Crippen LogP contribution in [-0.2, 0) is 4.79 Å². The summed E-state index contributed by atoms with van der Waals surface area (Å²) in [7, 11) is 0. The zero-order valence-electron chi connectivity index (χ0n) is 8.89. The van der Waals surface area contributed by atoms with Crippen LogP contribution in [0.15, 0.2) is 22.9 Å². The quantitative estimate of drug-likeness (QED) is 0.816. The maximum Gasteiger partial charge on any atom is 0.328 e. The lowest BCUT2D eigenvalue weighted by atomic mass is 10.1. The first-order valence-electron chi connectivity index (χ1n) is 4.72. The van der Waals surface area contributed by atoms with Gasteiger partial charge in [0.05, 0.1) is 11.6 Å². The molecule has 2 aromatic heterocycles. The van der Waals surface area contributed by atoms with Crippen LogP contribution in [0.3, 0.4) is 0 Å². The monoisotopic (exact) mass is 221 g/mol. The summed E-state index contributed by atoms with van der Waals surface area (Å²) in [5.74, 6) is -0.511. The molecule has 0 unspecified atom stereocenters. The third-order valence-corrected chi connectivity index (χ3v) is 2.20. The van der Waals surface area contributed by atoms with Crippen molar-refractivity contribution in [2.45, 2.75) is 19.4 Å². The van der Waals surface area contributed by atoms with Crippen molar-refractivity contribution >= 4 is 22.9 Å². The third kappa shape index (κ3) is 1.81. The summed E-state index contributed by atoms with van der Waals surface area (Å²) in [4.78, 5) is 15.0. The second-order valence-electron chi connectivity index (χ2n) is 3.97. The summed E-state index contributed by atoms with van der Waals surface area (Å²) in [6.45, 7) is 3.11. The van der Waals surface area contributed by atoms with E-state index in [4.69, 9.17) is 9.63 Å². The van der Waals surface area contributed by atoms with Crippen molar-refractivity contribution in [2.24, 2.45) is 0 Å². The fourth-order valence-corrected chi connectivity index (χ4v) is 1.20. The molecular formula is C10H11N3O3. The van der Waals surface area contributed by atoms with Crippen LogP contribution in [0.5, 0.6) is 0 Å². The Kier molecular flexibility index (Phi) is 2.26. The van der Waals surface area contributed by atoms with Crippen LogP contribution < -0.4 is 5.32 Å². The molecule has 0 radical (unpaired) electrons. The van der Waals surface area contributed by atoms with Crippen LogP contribution in [-0.4, -0.2) is 26.8 Å². The summed E-state index contributed by atoms with van der Waals surface area (Å²) >= 11 is 0. The van der Waals surface area contributed by atoms with E-state index in [1.807, 2.05) is 0 Å². The molecule has 0 aliphatic carbocycles. The maximum atomic E-state index is 10.9. The molecule has 2 rings (SSSR count). The first-order chi connectivity index (χ1) is 7.49. The Morgan fingerprint density at radius 3 is 2.94 bits per heavy atom. The zero-order valence-corrected chi connectivity index (χ0v) is 8.89. The van der Waals surface area contributed by atoms with E-state index in [0.29, 0.717) is 11.5 Å². The predicted molar refractivity (Wildman–Crippen MR) is 57.1 cm³/mol. The smallest absolute Gasteiger partial charge is 0.328 e. The minimum Gasteiger partial charge on any atom is -0.480 e. The molecule has 0 amide bonds. The zero-order chi connectivity index (χ0) is 11.8. The molecule has 0 bridgehead atoms. The highest BCUT2D eigenvalue weighted by molar-refractivity contribution is 5.82. The van der Waals surface area contributed by atoms with Gasteiger partial charge in [-0.15, -0.1) is 0 Å². The van der Waals surface area contributed by atoms with Crippen LogP contribution in [0.1, 0.15) is 13.8 Å². The lowest BCUT2D eigenvalue weighted by Crippen LogP contribution is -2.40. The summed E-state index contributed by atoms with van der Waals surface area (Å²) in [5.41, 5.74) is -0.702. The van der Waals surface area contributed by atoms with E-state index in [1.54, 1.807) is 32.2 Å². The Balaban J connectivity index is 2.30. The Hall–Kier alpha value is -2.11. The number of anilines is 1. The number of carboxylic acid groups (broad SMARTS) is 1. The van der Waals surface area contributed by atoms with Crippen LogP contribution in [0.25, 0.3) is 11.1 Å². The topological polar surface area (TPSA) is 88.3 Å². The van der Waals surface area contributed by atoms with E-state index < -0.39 is 11.5 Å². The van der Waals surface area contributed by atoms with Gasteiger partial charge in [-0.1, -0.05) is 5.16 Å². The van der Waals surface area contributed by atoms with Crippen molar-refractivity contribution < 1.29 is 14.4 Å². The average Bonchev–Trinajstić information content (AvgIpc) is 2.63. The van der Waals surface area contributed by atoms with Gasteiger partial charge in [-0.3, -0.25) is 0 Å². The highest BCUT2D eigenvalue weighted by atomic mass is 16.5. The number of pyridine rings is 1. The summed E-state index contributed by atoms with van der Waals surface area (Å²) in [6.07, 6.45) is 1.55. The maximum absolute atomic E-state index is 10.9. The molecule has 0 spiro atoms.